The van der Waals surface area contributed by atoms with Crippen molar-refractivity contribution in [3.8, 4) is 5.75 Å². The molecule has 0 aliphatic carbocycles. The quantitative estimate of drug-likeness (QED) is 0.236. The van der Waals surface area contributed by atoms with Gasteiger partial charge in [-0.1, -0.05) is 40.9 Å². The molecule has 4 rings (SSSR count). The molecule has 1 saturated heterocycles. The molecule has 36 heavy (non-hydrogen) atoms. The molecule has 1 amide bonds. The molecule has 1 aliphatic heterocycles. The van der Waals surface area contributed by atoms with Gasteiger partial charge in [0.2, 0.25) is 5.91 Å². The third-order valence-corrected chi connectivity index (χ3v) is 6.24. The zero-order chi connectivity index (χ0) is 25.8. The Kier molecular flexibility index (Phi) is 7.72. The predicted octanol–water partition coefficient (Wildman–Crippen LogP) is 5.30. The Hall–Kier alpha value is -3.68. The monoisotopic (exact) mass is 525 g/mol. The van der Waals surface area contributed by atoms with Gasteiger partial charge in [-0.05, 0) is 61.5 Å². The van der Waals surface area contributed by atoms with Gasteiger partial charge in [-0.2, -0.15) is 0 Å². The molecule has 0 bridgehead atoms. The summed E-state index contributed by atoms with van der Waals surface area (Å²) in [4.78, 5) is 51.2. The highest BCUT2D eigenvalue weighted by atomic mass is 35.5. The minimum absolute atomic E-state index is 0.0264. The van der Waals surface area contributed by atoms with Gasteiger partial charge >= 0.3 is 11.9 Å². The average Bonchev–Trinajstić information content (AvgIpc) is 3.24. The van der Waals surface area contributed by atoms with Gasteiger partial charge in [-0.25, -0.2) is 4.79 Å². The summed E-state index contributed by atoms with van der Waals surface area (Å²) in [6, 6.07) is 17.7. The maximum Gasteiger partial charge on any atom is 0.345 e. The van der Waals surface area contributed by atoms with Crippen LogP contribution in [0.4, 0.5) is 5.69 Å². The van der Waals surface area contributed by atoms with Gasteiger partial charge in [0.25, 0.3) is 0 Å². The molecule has 0 N–H and O–H groups in total. The van der Waals surface area contributed by atoms with E-state index in [-0.39, 0.29) is 40.8 Å². The Balaban J connectivity index is 1.29. The van der Waals surface area contributed by atoms with Crippen LogP contribution in [0.5, 0.6) is 5.75 Å². The van der Waals surface area contributed by atoms with Gasteiger partial charge in [-0.3, -0.25) is 14.4 Å². The first kappa shape index (κ1) is 25.4. The number of hydrogen-bond acceptors (Lipinski definition) is 6. The number of ketones is 1. The molecule has 184 valence electrons. The van der Waals surface area contributed by atoms with E-state index >= 15 is 0 Å². The van der Waals surface area contributed by atoms with Crippen molar-refractivity contribution in [2.24, 2.45) is 5.92 Å². The Labute approximate surface area is 217 Å². The molecule has 9 heteroatoms. The standard InChI is InChI=1S/C27H21Cl2NO6/c1-16-2-7-20(8-3-16)30-14-18(12-25(30)32)26(33)35-15-24(31)17-4-9-21(10-5-17)36-27(34)22-11-6-19(28)13-23(22)29/h2-11,13,18H,12,14-15H2,1H3/t18-/m0/s1. The molecule has 0 aromatic heterocycles. The lowest BCUT2D eigenvalue weighted by Crippen LogP contribution is -2.27. The van der Waals surface area contributed by atoms with E-state index in [1.807, 2.05) is 31.2 Å². The summed E-state index contributed by atoms with van der Waals surface area (Å²) in [6.45, 7) is 1.68. The SMILES string of the molecule is Cc1ccc(N2C[C@@H](C(=O)OCC(=O)c3ccc(OC(=O)c4ccc(Cl)cc4Cl)cc3)CC2=O)cc1. The molecule has 1 aliphatic rings. The Morgan fingerprint density at radius 1 is 0.972 bits per heavy atom. The summed E-state index contributed by atoms with van der Waals surface area (Å²) >= 11 is 11.9. The van der Waals surface area contributed by atoms with E-state index < -0.39 is 30.2 Å². The number of hydrogen-bond donors (Lipinski definition) is 0. The first-order chi connectivity index (χ1) is 17.2. The molecule has 7 nitrogen and oxygen atoms in total. The van der Waals surface area contributed by atoms with Crippen LogP contribution in [0.3, 0.4) is 0 Å². The Morgan fingerprint density at radius 3 is 2.33 bits per heavy atom. The second-order valence-electron chi connectivity index (χ2n) is 8.31. The minimum atomic E-state index is -0.671. The number of nitrogens with zero attached hydrogens (tertiary/aromatic N) is 1. The van der Waals surface area contributed by atoms with Crippen LogP contribution in [0.1, 0.15) is 32.7 Å². The first-order valence-corrected chi connectivity index (χ1v) is 11.8. The molecule has 1 atom stereocenters. The van der Waals surface area contributed by atoms with Crippen LogP contribution >= 0.6 is 23.2 Å². The largest absolute Gasteiger partial charge is 0.457 e. The van der Waals surface area contributed by atoms with Crippen molar-refractivity contribution in [1.29, 1.82) is 0 Å². The van der Waals surface area contributed by atoms with Gasteiger partial charge in [0.15, 0.2) is 12.4 Å². The fraction of sp³-hybridized carbons (Fsp3) is 0.185. The lowest BCUT2D eigenvalue weighted by molar-refractivity contribution is -0.147. The van der Waals surface area contributed by atoms with Crippen LogP contribution < -0.4 is 9.64 Å². The van der Waals surface area contributed by atoms with Gasteiger partial charge in [0.05, 0.1) is 16.5 Å². The van der Waals surface area contributed by atoms with Crippen LogP contribution in [0.25, 0.3) is 0 Å². The third kappa shape index (κ3) is 5.93. The van der Waals surface area contributed by atoms with Gasteiger partial charge in [0.1, 0.15) is 5.75 Å². The number of aryl methyl sites for hydroxylation is 1. The van der Waals surface area contributed by atoms with Crippen molar-refractivity contribution < 1.29 is 28.7 Å². The zero-order valence-electron chi connectivity index (χ0n) is 19.2. The van der Waals surface area contributed by atoms with E-state index in [9.17, 15) is 19.2 Å². The topological polar surface area (TPSA) is 90.0 Å². The van der Waals surface area contributed by atoms with E-state index in [4.69, 9.17) is 32.7 Å². The summed E-state index contributed by atoms with van der Waals surface area (Å²) in [7, 11) is 0. The average molecular weight is 526 g/mol. The highest BCUT2D eigenvalue weighted by molar-refractivity contribution is 6.36. The van der Waals surface area contributed by atoms with E-state index in [0.29, 0.717) is 5.02 Å². The Bertz CT molecular complexity index is 1320. The van der Waals surface area contributed by atoms with Crippen molar-refractivity contribution in [3.05, 3.63) is 93.5 Å². The van der Waals surface area contributed by atoms with Crippen LogP contribution in [0.2, 0.25) is 10.0 Å². The number of ether oxygens (including phenoxy) is 2. The normalized spacial score (nSPS) is 15.0. The maximum atomic E-state index is 12.5. The van der Waals surface area contributed by atoms with Crippen molar-refractivity contribution in [1.82, 2.24) is 0 Å². The second kappa shape index (κ2) is 10.9. The van der Waals surface area contributed by atoms with E-state index in [1.54, 1.807) is 4.90 Å². The lowest BCUT2D eigenvalue weighted by Gasteiger charge is -2.16. The first-order valence-electron chi connectivity index (χ1n) is 11.1. The molecular weight excluding hydrogens is 505 g/mol. The maximum absolute atomic E-state index is 12.5. The number of carbonyl (C=O) groups excluding carboxylic acids is 4. The predicted molar refractivity (Wildman–Crippen MR) is 135 cm³/mol. The van der Waals surface area contributed by atoms with Crippen molar-refractivity contribution >= 4 is 52.5 Å². The highest BCUT2D eigenvalue weighted by Gasteiger charge is 2.36. The molecule has 3 aromatic rings. The van der Waals surface area contributed by atoms with Crippen LogP contribution in [0.15, 0.2) is 66.7 Å². The molecule has 1 fully saturated rings. The van der Waals surface area contributed by atoms with E-state index in [1.165, 1.54) is 42.5 Å². The highest BCUT2D eigenvalue weighted by Crippen LogP contribution is 2.26. The molecule has 0 unspecified atom stereocenters. The van der Waals surface area contributed by atoms with Crippen LogP contribution in [-0.4, -0.2) is 36.8 Å². The number of benzene rings is 3. The zero-order valence-corrected chi connectivity index (χ0v) is 20.7. The van der Waals surface area contributed by atoms with E-state index in [2.05, 4.69) is 0 Å². The number of anilines is 1. The van der Waals surface area contributed by atoms with Gasteiger partial charge < -0.3 is 14.4 Å². The van der Waals surface area contributed by atoms with Crippen LogP contribution in [-0.2, 0) is 14.3 Å². The van der Waals surface area contributed by atoms with Crippen molar-refractivity contribution in [3.63, 3.8) is 0 Å². The molecule has 0 spiro atoms. The molecule has 0 radical (unpaired) electrons. The third-order valence-electron chi connectivity index (χ3n) is 5.69. The second-order valence-corrected chi connectivity index (χ2v) is 9.15. The summed E-state index contributed by atoms with van der Waals surface area (Å²) < 4.78 is 10.5. The number of rotatable bonds is 7. The summed E-state index contributed by atoms with van der Waals surface area (Å²) in [5, 5.41) is 0.551. The van der Waals surface area contributed by atoms with Crippen molar-refractivity contribution in [2.75, 3.05) is 18.1 Å². The van der Waals surface area contributed by atoms with E-state index in [0.717, 1.165) is 11.3 Å². The summed E-state index contributed by atoms with van der Waals surface area (Å²) in [5.41, 5.74) is 2.21. The lowest BCUT2D eigenvalue weighted by atomic mass is 10.1. The minimum Gasteiger partial charge on any atom is -0.457 e. The fourth-order valence-electron chi connectivity index (χ4n) is 3.70. The molecule has 3 aromatic carbocycles. The number of carbonyl (C=O) groups is 4. The van der Waals surface area contributed by atoms with Crippen molar-refractivity contribution in [2.45, 2.75) is 13.3 Å². The van der Waals surface area contributed by atoms with Gasteiger partial charge in [-0.15, -0.1) is 0 Å². The number of halogens is 2. The Morgan fingerprint density at radius 2 is 1.67 bits per heavy atom. The smallest absolute Gasteiger partial charge is 0.345 e. The van der Waals surface area contributed by atoms with Gasteiger partial charge in [0, 0.05) is 29.2 Å². The number of Topliss-reactive ketones (excluding diaryl/α,β-unsaturated/α-hetero) is 1. The van der Waals surface area contributed by atoms with Crippen LogP contribution in [0, 0.1) is 12.8 Å². The molecule has 1 heterocycles. The number of esters is 2. The fourth-order valence-corrected chi connectivity index (χ4v) is 4.19. The molecular formula is C27H21Cl2NO6. The molecule has 0 saturated carbocycles. The number of amides is 1. The summed E-state index contributed by atoms with van der Waals surface area (Å²) in [6.07, 6.45) is 0.0264. The summed E-state index contributed by atoms with van der Waals surface area (Å²) in [5.74, 6) is -2.31.